The van der Waals surface area contributed by atoms with Crippen molar-refractivity contribution in [3.63, 3.8) is 0 Å². The average molecular weight is 301 g/mol. The summed E-state index contributed by atoms with van der Waals surface area (Å²) in [5.41, 5.74) is -0.0285. The van der Waals surface area contributed by atoms with Crippen LogP contribution in [0.3, 0.4) is 0 Å². The third-order valence-electron chi connectivity index (χ3n) is 2.98. The number of carbonyl (C=O) groups excluding carboxylic acids is 1. The molecule has 1 heterocycles. The zero-order chi connectivity index (χ0) is 14.5. The number of hydrogen-bond donors (Lipinski definition) is 3. The maximum Gasteiger partial charge on any atom is 0.287 e. The van der Waals surface area contributed by atoms with Crippen molar-refractivity contribution in [1.29, 1.82) is 0 Å². The van der Waals surface area contributed by atoms with Crippen LogP contribution in [0.2, 0.25) is 5.02 Å². The van der Waals surface area contributed by atoms with E-state index in [0.717, 1.165) is 17.5 Å². The number of nitrogens with zero attached hydrogens (tertiary/aromatic N) is 2. The molecule has 110 valence electrons. The zero-order valence-corrected chi connectivity index (χ0v) is 11.7. The number of aliphatic hydroxyl groups is 1. The Bertz CT molecular complexity index is 542. The summed E-state index contributed by atoms with van der Waals surface area (Å²) in [7, 11) is 0. The molecule has 1 amide bonds. The lowest BCUT2D eigenvalue weighted by Crippen LogP contribution is -2.30. The highest BCUT2D eigenvalue weighted by Gasteiger charge is 2.28. The summed E-state index contributed by atoms with van der Waals surface area (Å²) in [6.45, 7) is 0.855. The number of hydrogen-bond acceptors (Lipinski definition) is 5. The molecule has 0 unspecified atom stereocenters. The Hall–Kier alpha value is -1.60. The highest BCUT2D eigenvalue weighted by molar-refractivity contribution is 6.32. The van der Waals surface area contributed by atoms with Crippen molar-refractivity contribution in [3.8, 4) is 0 Å². The first-order chi connectivity index (χ1) is 9.63. The summed E-state index contributed by atoms with van der Waals surface area (Å²) >= 11 is 5.93. The van der Waals surface area contributed by atoms with Crippen molar-refractivity contribution in [2.45, 2.75) is 19.4 Å². The van der Waals surface area contributed by atoms with Gasteiger partial charge in [0.1, 0.15) is 5.02 Å². The molecule has 8 heteroatoms. The van der Waals surface area contributed by atoms with Crippen molar-refractivity contribution < 1.29 is 9.90 Å². The summed E-state index contributed by atoms with van der Waals surface area (Å²) in [5.74, 6) is 0.261. The van der Waals surface area contributed by atoms with Crippen LogP contribution in [0, 0.1) is 5.92 Å². The van der Waals surface area contributed by atoms with Gasteiger partial charge in [0.2, 0.25) is 5.91 Å². The van der Waals surface area contributed by atoms with Gasteiger partial charge >= 0.3 is 0 Å². The van der Waals surface area contributed by atoms with Crippen LogP contribution in [-0.4, -0.2) is 40.5 Å². The van der Waals surface area contributed by atoms with E-state index < -0.39 is 5.56 Å². The molecule has 1 aromatic rings. The molecule has 1 aliphatic carbocycles. The van der Waals surface area contributed by atoms with Crippen molar-refractivity contribution in [1.82, 2.24) is 15.1 Å². The molecule has 1 aliphatic rings. The molecule has 7 nitrogen and oxygen atoms in total. The summed E-state index contributed by atoms with van der Waals surface area (Å²) in [4.78, 5) is 23.2. The van der Waals surface area contributed by atoms with Gasteiger partial charge in [0, 0.05) is 19.0 Å². The number of halogens is 1. The molecule has 20 heavy (non-hydrogen) atoms. The van der Waals surface area contributed by atoms with E-state index in [9.17, 15) is 9.59 Å². The van der Waals surface area contributed by atoms with E-state index in [0.29, 0.717) is 18.8 Å². The van der Waals surface area contributed by atoms with Gasteiger partial charge in [0.15, 0.2) is 0 Å². The van der Waals surface area contributed by atoms with E-state index in [1.807, 2.05) is 0 Å². The maximum atomic E-state index is 11.8. The van der Waals surface area contributed by atoms with Gasteiger partial charge in [-0.2, -0.15) is 5.10 Å². The largest absolute Gasteiger partial charge is 0.394 e. The van der Waals surface area contributed by atoms with E-state index in [2.05, 4.69) is 15.7 Å². The van der Waals surface area contributed by atoms with E-state index in [-0.39, 0.29) is 30.0 Å². The lowest BCUT2D eigenvalue weighted by atomic mass is 10.4. The minimum absolute atomic E-state index is 0.0296. The van der Waals surface area contributed by atoms with Gasteiger partial charge in [0.25, 0.3) is 5.56 Å². The van der Waals surface area contributed by atoms with Gasteiger partial charge in [-0.05, 0) is 12.8 Å². The monoisotopic (exact) mass is 300 g/mol. The van der Waals surface area contributed by atoms with E-state index >= 15 is 0 Å². The number of amides is 1. The topological polar surface area (TPSA) is 96.2 Å². The maximum absolute atomic E-state index is 11.8. The molecular formula is C12H17ClN4O3. The third-order valence-corrected chi connectivity index (χ3v) is 3.35. The predicted octanol–water partition coefficient (Wildman–Crippen LogP) is -0.173. The predicted molar refractivity (Wildman–Crippen MR) is 74.8 cm³/mol. The van der Waals surface area contributed by atoms with Crippen LogP contribution in [0.4, 0.5) is 5.69 Å². The number of nitrogens with one attached hydrogen (secondary N) is 2. The quantitative estimate of drug-likeness (QED) is 0.608. The number of rotatable bonds is 7. The van der Waals surface area contributed by atoms with Gasteiger partial charge in [-0.15, -0.1) is 0 Å². The molecule has 3 N–H and O–H groups in total. The molecule has 0 bridgehead atoms. The van der Waals surface area contributed by atoms with Crippen LogP contribution in [0.1, 0.15) is 12.8 Å². The summed E-state index contributed by atoms with van der Waals surface area (Å²) in [6.07, 6.45) is 3.37. The van der Waals surface area contributed by atoms with E-state index in [1.165, 1.54) is 6.20 Å². The second kappa shape index (κ2) is 6.71. The number of aromatic nitrogens is 2. The van der Waals surface area contributed by atoms with Crippen molar-refractivity contribution in [3.05, 3.63) is 21.6 Å². The minimum Gasteiger partial charge on any atom is -0.394 e. The normalized spacial score (nSPS) is 14.1. The lowest BCUT2D eigenvalue weighted by molar-refractivity contribution is -0.122. The molecule has 0 aromatic carbocycles. The molecule has 0 atom stereocenters. The van der Waals surface area contributed by atoms with Gasteiger partial charge < -0.3 is 15.7 Å². The molecule has 1 aromatic heterocycles. The van der Waals surface area contributed by atoms with Crippen molar-refractivity contribution in [2.24, 2.45) is 5.92 Å². The highest BCUT2D eigenvalue weighted by Crippen LogP contribution is 2.28. The van der Waals surface area contributed by atoms with Gasteiger partial charge in [-0.3, -0.25) is 9.59 Å². The second-order valence-electron chi connectivity index (χ2n) is 4.62. The van der Waals surface area contributed by atoms with Crippen LogP contribution >= 0.6 is 11.6 Å². The Morgan fingerprint density at radius 2 is 2.25 bits per heavy atom. The smallest absolute Gasteiger partial charge is 0.287 e. The Morgan fingerprint density at radius 3 is 2.90 bits per heavy atom. The first kappa shape index (κ1) is 14.8. The minimum atomic E-state index is -0.451. The summed E-state index contributed by atoms with van der Waals surface area (Å²) < 4.78 is 1.10. The van der Waals surface area contributed by atoms with Crippen LogP contribution in [-0.2, 0) is 11.3 Å². The molecular weight excluding hydrogens is 284 g/mol. The molecule has 0 aliphatic heterocycles. The second-order valence-corrected chi connectivity index (χ2v) is 4.99. The summed E-state index contributed by atoms with van der Waals surface area (Å²) in [6, 6.07) is 0. The van der Waals surface area contributed by atoms with Crippen molar-refractivity contribution in [2.75, 3.05) is 25.0 Å². The molecule has 2 rings (SSSR count). The molecule has 0 spiro atoms. The van der Waals surface area contributed by atoms with Crippen LogP contribution < -0.4 is 16.2 Å². The Balaban J connectivity index is 1.84. The fourth-order valence-electron chi connectivity index (χ4n) is 1.72. The zero-order valence-electron chi connectivity index (χ0n) is 10.9. The van der Waals surface area contributed by atoms with Gasteiger partial charge in [0.05, 0.1) is 25.0 Å². The first-order valence-corrected chi connectivity index (χ1v) is 6.89. The van der Waals surface area contributed by atoms with Crippen LogP contribution in [0.15, 0.2) is 11.0 Å². The Morgan fingerprint density at radius 1 is 1.50 bits per heavy atom. The van der Waals surface area contributed by atoms with E-state index in [4.69, 9.17) is 16.7 Å². The fourth-order valence-corrected chi connectivity index (χ4v) is 1.93. The number of carbonyl (C=O) groups is 1. The number of anilines is 1. The lowest BCUT2D eigenvalue weighted by Gasteiger charge is -2.10. The number of aliphatic hydroxyl groups excluding tert-OH is 1. The first-order valence-electron chi connectivity index (χ1n) is 6.51. The van der Waals surface area contributed by atoms with Crippen LogP contribution in [0.5, 0.6) is 0 Å². The fraction of sp³-hybridized carbons (Fsp3) is 0.583. The molecule has 0 radical (unpaired) electrons. The molecule has 1 fully saturated rings. The highest BCUT2D eigenvalue weighted by atomic mass is 35.5. The van der Waals surface area contributed by atoms with Gasteiger partial charge in [-0.25, -0.2) is 4.68 Å². The van der Waals surface area contributed by atoms with Crippen molar-refractivity contribution >= 4 is 23.2 Å². The van der Waals surface area contributed by atoms with E-state index in [1.54, 1.807) is 0 Å². The molecule has 1 saturated carbocycles. The molecule has 0 saturated heterocycles. The van der Waals surface area contributed by atoms with Crippen LogP contribution in [0.25, 0.3) is 0 Å². The summed E-state index contributed by atoms with van der Waals surface area (Å²) in [5, 5.41) is 18.5. The van der Waals surface area contributed by atoms with Gasteiger partial charge in [-0.1, -0.05) is 11.6 Å². The third kappa shape index (κ3) is 3.71. The SMILES string of the molecule is O=C(NCCNc1cnn(CCO)c(=O)c1Cl)C1CC1. The average Bonchev–Trinajstić information content (AvgIpc) is 3.26. The Kier molecular flexibility index (Phi) is 4.97. The Labute approximate surface area is 120 Å². The standard InChI is InChI=1S/C12H17ClN4O3/c13-10-9(7-16-17(5-6-18)12(10)20)14-3-4-15-11(19)8-1-2-8/h7-8,14,18H,1-6H2,(H,15,19).